The molecule has 1 aromatic carbocycles. The molecule has 110 valence electrons. The fourth-order valence-corrected chi connectivity index (χ4v) is 3.03. The van der Waals surface area contributed by atoms with E-state index in [1.807, 2.05) is 13.1 Å². The molecule has 3 rings (SSSR count). The molecule has 0 aromatic heterocycles. The molecule has 0 amide bonds. The van der Waals surface area contributed by atoms with Gasteiger partial charge in [0.1, 0.15) is 5.82 Å². The van der Waals surface area contributed by atoms with Crippen molar-refractivity contribution in [2.45, 2.75) is 19.4 Å². The number of benzene rings is 1. The molecule has 1 saturated heterocycles. The maximum atomic E-state index is 13.4. The maximum absolute atomic E-state index is 13.4. The highest BCUT2D eigenvalue weighted by Crippen LogP contribution is 2.30. The quantitative estimate of drug-likeness (QED) is 0.889. The monoisotopic (exact) mass is 277 g/mol. The highest BCUT2D eigenvalue weighted by molar-refractivity contribution is 5.54. The minimum Gasteiger partial charge on any atom is -0.369 e. The lowest BCUT2D eigenvalue weighted by molar-refractivity contribution is 0.248. The van der Waals surface area contributed by atoms with Crippen LogP contribution in [-0.2, 0) is 6.54 Å². The summed E-state index contributed by atoms with van der Waals surface area (Å²) in [6, 6.07) is 5.16. The molecule has 1 heterocycles. The van der Waals surface area contributed by atoms with Crippen LogP contribution in [0, 0.1) is 11.7 Å². The smallest absolute Gasteiger partial charge is 0.123 e. The van der Waals surface area contributed by atoms with E-state index in [2.05, 4.69) is 15.1 Å². The summed E-state index contributed by atoms with van der Waals surface area (Å²) in [6.07, 6.45) is 2.84. The van der Waals surface area contributed by atoms with Crippen molar-refractivity contribution in [2.75, 3.05) is 44.7 Å². The van der Waals surface area contributed by atoms with Crippen LogP contribution in [0.3, 0.4) is 0 Å². The Morgan fingerprint density at radius 3 is 2.60 bits per heavy atom. The Bertz CT molecular complexity index is 451. The molecule has 3 nitrogen and oxygen atoms in total. The number of halogens is 1. The molecule has 20 heavy (non-hydrogen) atoms. The molecule has 0 atom stereocenters. The highest BCUT2D eigenvalue weighted by Gasteiger charge is 2.26. The molecule has 1 aliphatic heterocycles. The zero-order valence-electron chi connectivity index (χ0n) is 12.2. The Labute approximate surface area is 120 Å². The summed E-state index contributed by atoms with van der Waals surface area (Å²) in [7, 11) is 1.91. The van der Waals surface area contributed by atoms with Gasteiger partial charge in [-0.15, -0.1) is 0 Å². The summed E-state index contributed by atoms with van der Waals surface area (Å²) in [5, 5.41) is 3.13. The van der Waals surface area contributed by atoms with E-state index in [9.17, 15) is 4.39 Å². The Kier molecular flexibility index (Phi) is 4.22. The number of hydrogen-bond acceptors (Lipinski definition) is 3. The molecule has 1 aromatic rings. The van der Waals surface area contributed by atoms with Crippen molar-refractivity contribution in [3.63, 3.8) is 0 Å². The fraction of sp³-hybridized carbons (Fsp3) is 0.625. The highest BCUT2D eigenvalue weighted by atomic mass is 19.1. The second-order valence-electron chi connectivity index (χ2n) is 6.03. The number of anilines is 1. The first-order valence-corrected chi connectivity index (χ1v) is 7.66. The van der Waals surface area contributed by atoms with Crippen LogP contribution in [0.15, 0.2) is 18.2 Å². The number of hydrogen-bond donors (Lipinski definition) is 1. The SMILES string of the molecule is CNCc1cc(F)ccc1N1CCN(CC2CC2)CC1. The summed E-state index contributed by atoms with van der Waals surface area (Å²) in [4.78, 5) is 4.98. The van der Waals surface area contributed by atoms with E-state index in [-0.39, 0.29) is 5.82 Å². The molecule has 0 radical (unpaired) electrons. The van der Waals surface area contributed by atoms with Crippen molar-refractivity contribution >= 4 is 5.69 Å². The van der Waals surface area contributed by atoms with Gasteiger partial charge in [-0.1, -0.05) is 0 Å². The van der Waals surface area contributed by atoms with Gasteiger partial charge in [0.15, 0.2) is 0 Å². The molecule has 1 N–H and O–H groups in total. The van der Waals surface area contributed by atoms with E-state index in [0.29, 0.717) is 0 Å². The fourth-order valence-electron chi connectivity index (χ4n) is 3.03. The summed E-state index contributed by atoms with van der Waals surface area (Å²) >= 11 is 0. The first kappa shape index (κ1) is 13.8. The van der Waals surface area contributed by atoms with Gasteiger partial charge in [-0.05, 0) is 49.6 Å². The molecule has 2 fully saturated rings. The van der Waals surface area contributed by atoms with Crippen molar-refractivity contribution in [3.05, 3.63) is 29.6 Å². The minimum atomic E-state index is -0.147. The summed E-state index contributed by atoms with van der Waals surface area (Å²) < 4.78 is 13.4. The lowest BCUT2D eigenvalue weighted by Crippen LogP contribution is -2.47. The van der Waals surface area contributed by atoms with Gasteiger partial charge in [0, 0.05) is 45.0 Å². The molecule has 4 heteroatoms. The zero-order chi connectivity index (χ0) is 13.9. The molecular formula is C16H24FN3. The standard InChI is InChI=1S/C16H24FN3/c1-18-11-14-10-15(17)4-5-16(14)20-8-6-19(7-9-20)12-13-2-3-13/h4-5,10,13,18H,2-3,6-9,11-12H2,1H3. The second-order valence-corrected chi connectivity index (χ2v) is 6.03. The van der Waals surface area contributed by atoms with Crippen molar-refractivity contribution in [2.24, 2.45) is 5.92 Å². The molecule has 1 aliphatic carbocycles. The van der Waals surface area contributed by atoms with Gasteiger partial charge in [-0.25, -0.2) is 4.39 Å². The molecule has 0 unspecified atom stereocenters. The third-order valence-electron chi connectivity index (χ3n) is 4.34. The number of rotatable bonds is 5. The van der Waals surface area contributed by atoms with Crippen molar-refractivity contribution < 1.29 is 4.39 Å². The van der Waals surface area contributed by atoms with Crippen molar-refractivity contribution in [1.29, 1.82) is 0 Å². The van der Waals surface area contributed by atoms with Gasteiger partial charge in [0.25, 0.3) is 0 Å². The predicted molar refractivity (Wildman–Crippen MR) is 80.5 cm³/mol. The van der Waals surface area contributed by atoms with Crippen LogP contribution in [0.4, 0.5) is 10.1 Å². The third kappa shape index (κ3) is 3.30. The summed E-state index contributed by atoms with van der Waals surface area (Å²) in [5.74, 6) is 0.818. The van der Waals surface area contributed by atoms with Crippen LogP contribution in [0.1, 0.15) is 18.4 Å². The van der Waals surface area contributed by atoms with Crippen LogP contribution in [0.25, 0.3) is 0 Å². The van der Waals surface area contributed by atoms with Crippen molar-refractivity contribution in [1.82, 2.24) is 10.2 Å². The Morgan fingerprint density at radius 1 is 1.20 bits per heavy atom. The molecule has 0 spiro atoms. The Balaban J connectivity index is 1.64. The topological polar surface area (TPSA) is 18.5 Å². The van der Waals surface area contributed by atoms with E-state index in [4.69, 9.17) is 0 Å². The van der Waals surface area contributed by atoms with Gasteiger partial charge in [-0.2, -0.15) is 0 Å². The summed E-state index contributed by atoms with van der Waals surface area (Å²) in [6.45, 7) is 6.36. The Hall–Kier alpha value is -1.13. The van der Waals surface area contributed by atoms with E-state index < -0.39 is 0 Å². The average molecular weight is 277 g/mol. The van der Waals surface area contributed by atoms with Crippen LogP contribution < -0.4 is 10.2 Å². The molecule has 2 aliphatic rings. The number of piperazine rings is 1. The minimum absolute atomic E-state index is 0.147. The van der Waals surface area contributed by atoms with E-state index in [1.165, 1.54) is 25.1 Å². The third-order valence-corrected chi connectivity index (χ3v) is 4.34. The van der Waals surface area contributed by atoms with Gasteiger partial charge < -0.3 is 10.2 Å². The zero-order valence-corrected chi connectivity index (χ0v) is 12.2. The predicted octanol–water partition coefficient (Wildman–Crippen LogP) is 2.08. The van der Waals surface area contributed by atoms with E-state index in [0.717, 1.165) is 44.2 Å². The largest absolute Gasteiger partial charge is 0.369 e. The summed E-state index contributed by atoms with van der Waals surface area (Å²) in [5.41, 5.74) is 2.25. The van der Waals surface area contributed by atoms with Crippen LogP contribution in [0.2, 0.25) is 0 Å². The molecular weight excluding hydrogens is 253 g/mol. The van der Waals surface area contributed by atoms with Crippen molar-refractivity contribution in [3.8, 4) is 0 Å². The first-order valence-electron chi connectivity index (χ1n) is 7.66. The first-order chi connectivity index (χ1) is 9.76. The van der Waals surface area contributed by atoms with E-state index >= 15 is 0 Å². The van der Waals surface area contributed by atoms with Gasteiger partial charge in [-0.3, -0.25) is 4.90 Å². The van der Waals surface area contributed by atoms with Gasteiger partial charge in [0.2, 0.25) is 0 Å². The molecule has 0 bridgehead atoms. The van der Waals surface area contributed by atoms with Crippen LogP contribution >= 0.6 is 0 Å². The van der Waals surface area contributed by atoms with E-state index in [1.54, 1.807) is 12.1 Å². The van der Waals surface area contributed by atoms with Gasteiger partial charge >= 0.3 is 0 Å². The number of nitrogens with zero attached hydrogens (tertiary/aromatic N) is 2. The van der Waals surface area contributed by atoms with Crippen LogP contribution in [0.5, 0.6) is 0 Å². The van der Waals surface area contributed by atoms with Crippen LogP contribution in [-0.4, -0.2) is 44.7 Å². The van der Waals surface area contributed by atoms with Gasteiger partial charge in [0.05, 0.1) is 0 Å². The second kappa shape index (κ2) is 6.10. The average Bonchev–Trinajstić information content (AvgIpc) is 3.25. The molecule has 1 saturated carbocycles. The lowest BCUT2D eigenvalue weighted by atomic mass is 10.1. The Morgan fingerprint density at radius 2 is 1.95 bits per heavy atom. The maximum Gasteiger partial charge on any atom is 0.123 e. The number of nitrogens with one attached hydrogen (secondary N) is 1. The normalized spacial score (nSPS) is 20.4. The lowest BCUT2D eigenvalue weighted by Gasteiger charge is -2.37.